The van der Waals surface area contributed by atoms with E-state index < -0.39 is 0 Å². The molecule has 0 bridgehead atoms. The van der Waals surface area contributed by atoms with Crippen LogP contribution in [0.3, 0.4) is 0 Å². The molecule has 0 radical (unpaired) electrons. The van der Waals surface area contributed by atoms with Gasteiger partial charge in [0.25, 0.3) is 0 Å². The van der Waals surface area contributed by atoms with Gasteiger partial charge in [0.2, 0.25) is 0 Å². The van der Waals surface area contributed by atoms with Crippen molar-refractivity contribution in [3.63, 3.8) is 0 Å². The van der Waals surface area contributed by atoms with Crippen molar-refractivity contribution < 1.29 is 19.4 Å². The van der Waals surface area contributed by atoms with E-state index in [1.54, 1.807) is 0 Å². The van der Waals surface area contributed by atoms with E-state index in [1.807, 2.05) is 0 Å². The van der Waals surface area contributed by atoms with E-state index in [2.05, 4.69) is 53.8 Å². The van der Waals surface area contributed by atoms with Crippen LogP contribution in [0.15, 0.2) is 48.5 Å². The Morgan fingerprint density at radius 1 is 0.941 bits per heavy atom. The second-order valence-corrected chi connectivity index (χ2v) is 5.68. The molecule has 2 aromatic carbocycles. The normalized spacial score (nSPS) is 14.5. The number of fused-ring (bicyclic) bond motifs is 1. The molecule has 1 aliphatic heterocycles. The molecular formula is C15H13NW. The number of benzene rings is 2. The van der Waals surface area contributed by atoms with Crippen LogP contribution in [0.25, 0.3) is 11.1 Å². The van der Waals surface area contributed by atoms with Gasteiger partial charge in [-0.05, 0) is 0 Å². The zero-order chi connectivity index (χ0) is 11.7. The number of nitrogens with one attached hydrogen (secondary N) is 1. The Bertz CT molecular complexity index is 560. The molecule has 2 aromatic rings. The van der Waals surface area contributed by atoms with E-state index in [0.29, 0.717) is 0 Å². The average molecular weight is 391 g/mol. The zero-order valence-electron chi connectivity index (χ0n) is 9.44. The summed E-state index contributed by atoms with van der Waals surface area (Å²) in [5.74, 6) is 0. The van der Waals surface area contributed by atoms with Crippen LogP contribution >= 0.6 is 0 Å². The topological polar surface area (TPSA) is 12.0 Å². The molecule has 0 saturated heterocycles. The SMILES string of the molecule is [W]=[C]1NCCc2cccc(-c3ccccc3)c21. The summed E-state index contributed by atoms with van der Waals surface area (Å²) in [6, 6.07) is 17.3. The number of hydrogen-bond donors (Lipinski definition) is 1. The van der Waals surface area contributed by atoms with Crippen LogP contribution in [0.1, 0.15) is 11.1 Å². The third kappa shape index (κ3) is 2.06. The van der Waals surface area contributed by atoms with E-state index in [-0.39, 0.29) is 0 Å². The summed E-state index contributed by atoms with van der Waals surface area (Å²) in [6.45, 7) is 1.07. The summed E-state index contributed by atoms with van der Waals surface area (Å²) in [5, 5.41) is 3.50. The maximum atomic E-state index is 3.50. The van der Waals surface area contributed by atoms with Crippen LogP contribution in [0.5, 0.6) is 0 Å². The summed E-state index contributed by atoms with van der Waals surface area (Å²) in [6.07, 6.45) is 1.13. The van der Waals surface area contributed by atoms with E-state index in [1.165, 1.54) is 45.6 Å². The van der Waals surface area contributed by atoms with Gasteiger partial charge >= 0.3 is 112 Å². The Labute approximate surface area is 112 Å². The van der Waals surface area contributed by atoms with Crippen molar-refractivity contribution in [3.05, 3.63) is 59.7 Å². The molecule has 17 heavy (non-hydrogen) atoms. The fraction of sp³-hybridized carbons (Fsp3) is 0.133. The van der Waals surface area contributed by atoms with Gasteiger partial charge in [0.15, 0.2) is 0 Å². The summed E-state index contributed by atoms with van der Waals surface area (Å²) >= 11 is 1.52. The fourth-order valence-electron chi connectivity index (χ4n) is 2.33. The molecule has 2 heteroatoms. The van der Waals surface area contributed by atoms with E-state index in [0.717, 1.165) is 13.0 Å². The second-order valence-electron chi connectivity index (χ2n) is 4.21. The molecule has 1 heterocycles. The monoisotopic (exact) mass is 391 g/mol. The first kappa shape index (κ1) is 11.1. The fourth-order valence-corrected chi connectivity index (χ4v) is 3.57. The molecule has 1 nitrogen and oxygen atoms in total. The predicted octanol–water partition coefficient (Wildman–Crippen LogP) is 2.52. The van der Waals surface area contributed by atoms with Crippen LogP contribution in [0, 0.1) is 0 Å². The molecule has 3 rings (SSSR count). The average Bonchev–Trinajstić information content (AvgIpc) is 2.39. The molecule has 0 aliphatic carbocycles. The summed E-state index contributed by atoms with van der Waals surface area (Å²) in [5.41, 5.74) is 5.59. The number of rotatable bonds is 1. The Hall–Kier alpha value is -1.04. The van der Waals surface area contributed by atoms with Crippen LogP contribution in [0.2, 0.25) is 0 Å². The van der Waals surface area contributed by atoms with Crippen LogP contribution in [0.4, 0.5) is 0 Å². The zero-order valence-corrected chi connectivity index (χ0v) is 12.4. The molecule has 0 unspecified atom stereocenters. The first-order valence-electron chi connectivity index (χ1n) is 5.82. The minimum absolute atomic E-state index is 1.07. The van der Waals surface area contributed by atoms with Gasteiger partial charge < -0.3 is 0 Å². The van der Waals surface area contributed by atoms with Crippen molar-refractivity contribution >= 4 is 4.02 Å². The maximum absolute atomic E-state index is 3.50. The van der Waals surface area contributed by atoms with Crippen LogP contribution in [-0.4, -0.2) is 10.6 Å². The van der Waals surface area contributed by atoms with Crippen molar-refractivity contribution in [2.45, 2.75) is 6.42 Å². The van der Waals surface area contributed by atoms with E-state index in [9.17, 15) is 0 Å². The van der Waals surface area contributed by atoms with Crippen molar-refractivity contribution in [2.24, 2.45) is 0 Å². The molecule has 1 N–H and O–H groups in total. The van der Waals surface area contributed by atoms with Crippen LogP contribution in [-0.2, 0) is 25.8 Å². The quantitative estimate of drug-likeness (QED) is 0.788. The molecule has 0 atom stereocenters. The Balaban J connectivity index is 2.21. The van der Waals surface area contributed by atoms with Gasteiger partial charge in [0.05, 0.1) is 0 Å². The van der Waals surface area contributed by atoms with E-state index >= 15 is 0 Å². The Morgan fingerprint density at radius 2 is 1.76 bits per heavy atom. The molecule has 1 aliphatic rings. The predicted molar refractivity (Wildman–Crippen MR) is 67.7 cm³/mol. The molecule has 84 valence electrons. The number of hydrogen-bond acceptors (Lipinski definition) is 1. The van der Waals surface area contributed by atoms with Gasteiger partial charge in [-0.15, -0.1) is 0 Å². The van der Waals surface area contributed by atoms with Gasteiger partial charge in [-0.25, -0.2) is 0 Å². The van der Waals surface area contributed by atoms with Crippen molar-refractivity contribution in [2.75, 3.05) is 6.54 Å². The summed E-state index contributed by atoms with van der Waals surface area (Å²) in [4.78, 5) is 0. The summed E-state index contributed by atoms with van der Waals surface area (Å²) < 4.78 is 1.38. The first-order valence-corrected chi connectivity index (χ1v) is 7.28. The molecule has 0 fully saturated rings. The van der Waals surface area contributed by atoms with Crippen LogP contribution < -0.4 is 5.32 Å². The summed E-state index contributed by atoms with van der Waals surface area (Å²) in [7, 11) is 0. The van der Waals surface area contributed by atoms with Gasteiger partial charge in [-0.3, -0.25) is 0 Å². The molecule has 0 aromatic heterocycles. The first-order chi connectivity index (χ1) is 8.36. The van der Waals surface area contributed by atoms with Gasteiger partial charge in [-0.2, -0.15) is 0 Å². The third-order valence-corrected chi connectivity index (χ3v) is 4.39. The standard InChI is InChI=1S/C15H13N.W/c1-2-5-12(6-3-1)14-8-4-7-13-9-10-16-11-15(13)14;/h1-8,16H,9-10H2;. The molecule has 0 amide bonds. The van der Waals surface area contributed by atoms with Gasteiger partial charge in [0, 0.05) is 0 Å². The van der Waals surface area contributed by atoms with E-state index in [4.69, 9.17) is 0 Å². The Kier molecular flexibility index (Phi) is 3.05. The Morgan fingerprint density at radius 3 is 2.59 bits per heavy atom. The minimum atomic E-state index is 1.07. The van der Waals surface area contributed by atoms with Crippen molar-refractivity contribution in [1.29, 1.82) is 0 Å². The third-order valence-electron chi connectivity index (χ3n) is 3.14. The van der Waals surface area contributed by atoms with Crippen molar-refractivity contribution in [1.82, 2.24) is 5.32 Å². The molecule has 0 spiro atoms. The molecule has 0 saturated carbocycles. The van der Waals surface area contributed by atoms with Gasteiger partial charge in [0.1, 0.15) is 0 Å². The van der Waals surface area contributed by atoms with Crippen molar-refractivity contribution in [3.8, 4) is 11.1 Å². The van der Waals surface area contributed by atoms with Gasteiger partial charge in [-0.1, -0.05) is 0 Å². The second kappa shape index (κ2) is 4.68. The molecular weight excluding hydrogens is 378 g/mol.